The summed E-state index contributed by atoms with van der Waals surface area (Å²) in [5.74, 6) is 0.0683. The van der Waals surface area contributed by atoms with Crippen molar-refractivity contribution in [2.24, 2.45) is 0 Å². The quantitative estimate of drug-likeness (QED) is 0.767. The van der Waals surface area contributed by atoms with Crippen LogP contribution in [0.25, 0.3) is 0 Å². The molecule has 2 rings (SSSR count). The van der Waals surface area contributed by atoms with Crippen LogP contribution in [0.3, 0.4) is 0 Å². The lowest BCUT2D eigenvalue weighted by Crippen LogP contribution is -2.44. The number of carbonyl (C=O) groups is 1. The van der Waals surface area contributed by atoms with Crippen LogP contribution in [0.1, 0.15) is 10.4 Å². The second-order valence-electron chi connectivity index (χ2n) is 4.66. The molecule has 0 spiro atoms. The first-order chi connectivity index (χ1) is 9.24. The number of rotatable bonds is 6. The Morgan fingerprint density at radius 1 is 1.37 bits per heavy atom. The third-order valence-electron chi connectivity index (χ3n) is 3.35. The molecule has 6 heteroatoms. The number of hydrogen-bond acceptors (Lipinski definition) is 5. The van der Waals surface area contributed by atoms with Crippen molar-refractivity contribution in [3.8, 4) is 0 Å². The summed E-state index contributed by atoms with van der Waals surface area (Å²) in [7, 11) is 0. The van der Waals surface area contributed by atoms with Gasteiger partial charge in [0.2, 0.25) is 5.91 Å². The van der Waals surface area contributed by atoms with Crippen LogP contribution in [0.15, 0.2) is 11.4 Å². The van der Waals surface area contributed by atoms with Crippen LogP contribution >= 0.6 is 11.3 Å². The molecule has 0 aromatic carbocycles. The molecule has 2 heterocycles. The van der Waals surface area contributed by atoms with Crippen LogP contribution in [-0.4, -0.2) is 65.3 Å². The Morgan fingerprint density at radius 3 is 2.79 bits per heavy atom. The summed E-state index contributed by atoms with van der Waals surface area (Å²) in [6.07, 6.45) is 0.929. The highest BCUT2D eigenvalue weighted by molar-refractivity contribution is 7.10. The summed E-state index contributed by atoms with van der Waals surface area (Å²) in [6, 6.07) is 2.08. The van der Waals surface area contributed by atoms with Crippen molar-refractivity contribution >= 4 is 17.2 Å². The van der Waals surface area contributed by atoms with E-state index < -0.39 is 0 Å². The third kappa shape index (κ3) is 3.76. The minimum Gasteiger partial charge on any atom is -0.395 e. The Morgan fingerprint density at radius 2 is 2.11 bits per heavy atom. The molecular formula is C13H20N2O3S. The van der Waals surface area contributed by atoms with Crippen molar-refractivity contribution in [1.29, 1.82) is 0 Å². The lowest BCUT2D eigenvalue weighted by molar-refractivity contribution is -0.133. The smallest absolute Gasteiger partial charge is 0.237 e. The minimum atomic E-state index is 0.00194. The molecule has 106 valence electrons. The zero-order valence-electron chi connectivity index (χ0n) is 10.9. The fourth-order valence-electron chi connectivity index (χ4n) is 2.31. The van der Waals surface area contributed by atoms with E-state index in [4.69, 9.17) is 10.2 Å². The predicted octanol–water partition coefficient (Wildman–Crippen LogP) is -0.0806. The fraction of sp³-hybridized carbons (Fsp3) is 0.615. The van der Waals surface area contributed by atoms with Gasteiger partial charge >= 0.3 is 0 Å². The highest BCUT2D eigenvalue weighted by Crippen LogP contribution is 2.23. The first-order valence-corrected chi connectivity index (χ1v) is 7.39. The summed E-state index contributed by atoms with van der Waals surface area (Å²) in [5, 5.41) is 20.0. The first-order valence-electron chi connectivity index (χ1n) is 6.51. The van der Waals surface area contributed by atoms with Crippen LogP contribution < -0.4 is 0 Å². The van der Waals surface area contributed by atoms with Crippen molar-refractivity contribution in [3.05, 3.63) is 21.9 Å². The van der Waals surface area contributed by atoms with Crippen molar-refractivity contribution in [2.45, 2.75) is 13.0 Å². The van der Waals surface area contributed by atoms with Crippen molar-refractivity contribution in [3.63, 3.8) is 0 Å². The molecule has 0 unspecified atom stereocenters. The number of nitrogens with zero attached hydrogens (tertiary/aromatic N) is 2. The molecule has 1 aromatic heterocycles. The molecule has 19 heavy (non-hydrogen) atoms. The minimum absolute atomic E-state index is 0.00194. The molecule has 0 fully saturated rings. The zero-order valence-corrected chi connectivity index (χ0v) is 11.7. The largest absolute Gasteiger partial charge is 0.395 e. The lowest BCUT2D eigenvalue weighted by Gasteiger charge is -2.29. The highest BCUT2D eigenvalue weighted by atomic mass is 32.1. The van der Waals surface area contributed by atoms with E-state index in [9.17, 15) is 4.79 Å². The molecule has 1 amide bonds. The summed E-state index contributed by atoms with van der Waals surface area (Å²) in [6.45, 7) is 2.56. The van der Waals surface area contributed by atoms with Gasteiger partial charge in [0.1, 0.15) is 0 Å². The van der Waals surface area contributed by atoms with Crippen molar-refractivity contribution in [2.75, 3.05) is 39.4 Å². The average molecular weight is 284 g/mol. The molecule has 1 aliphatic rings. The fourth-order valence-corrected chi connectivity index (χ4v) is 3.20. The zero-order chi connectivity index (χ0) is 13.7. The SMILES string of the molecule is O=C(CN(CCO)CCO)N1CCc2sccc2C1. The average Bonchev–Trinajstić information content (AvgIpc) is 2.86. The van der Waals surface area contributed by atoms with Gasteiger partial charge < -0.3 is 15.1 Å². The molecule has 0 atom stereocenters. The van der Waals surface area contributed by atoms with Crippen LogP contribution in [0.5, 0.6) is 0 Å². The number of aliphatic hydroxyl groups is 2. The number of hydrogen-bond donors (Lipinski definition) is 2. The molecule has 5 nitrogen and oxygen atoms in total. The molecule has 0 saturated carbocycles. The number of carbonyl (C=O) groups excluding carboxylic acids is 1. The van der Waals surface area contributed by atoms with Crippen molar-refractivity contribution < 1.29 is 15.0 Å². The summed E-state index contributed by atoms with van der Waals surface area (Å²) >= 11 is 1.75. The van der Waals surface area contributed by atoms with Crippen molar-refractivity contribution in [1.82, 2.24) is 9.80 Å². The highest BCUT2D eigenvalue weighted by Gasteiger charge is 2.22. The first kappa shape index (κ1) is 14.5. The van der Waals surface area contributed by atoms with E-state index in [1.54, 1.807) is 16.2 Å². The standard InChI is InChI=1S/C13H20N2O3S/c16-6-4-14(5-7-17)10-13(18)15-3-1-12-11(9-15)2-8-19-12/h2,8,16-17H,1,3-7,9-10H2. The van der Waals surface area contributed by atoms with E-state index in [-0.39, 0.29) is 25.7 Å². The molecule has 0 radical (unpaired) electrons. The number of amides is 1. The summed E-state index contributed by atoms with van der Waals surface area (Å²) < 4.78 is 0. The van der Waals surface area contributed by atoms with Gasteiger partial charge in [-0.1, -0.05) is 0 Å². The summed E-state index contributed by atoms with van der Waals surface area (Å²) in [5.41, 5.74) is 1.25. The van der Waals surface area contributed by atoms with Crippen LogP contribution in [0.2, 0.25) is 0 Å². The maximum atomic E-state index is 12.2. The molecule has 0 bridgehead atoms. The van der Waals surface area contributed by atoms with Gasteiger partial charge in [-0.3, -0.25) is 9.69 Å². The Hall–Kier alpha value is -0.950. The molecular weight excluding hydrogens is 264 g/mol. The van der Waals surface area contributed by atoms with Gasteiger partial charge in [0.05, 0.1) is 19.8 Å². The molecule has 0 aliphatic carbocycles. The predicted molar refractivity (Wildman–Crippen MR) is 74.1 cm³/mol. The second kappa shape index (κ2) is 7.00. The van der Waals surface area contributed by atoms with Gasteiger partial charge in [0.15, 0.2) is 0 Å². The van der Waals surface area contributed by atoms with Gasteiger partial charge in [0.25, 0.3) is 0 Å². The van der Waals surface area contributed by atoms with E-state index in [0.29, 0.717) is 19.6 Å². The third-order valence-corrected chi connectivity index (χ3v) is 4.37. The number of thiophene rings is 1. The Kier molecular flexibility index (Phi) is 5.33. The number of fused-ring (bicyclic) bond motifs is 1. The Labute approximate surface area is 117 Å². The summed E-state index contributed by atoms with van der Waals surface area (Å²) in [4.78, 5) is 17.2. The van der Waals surface area contributed by atoms with Gasteiger partial charge in [0, 0.05) is 31.1 Å². The van der Waals surface area contributed by atoms with E-state index in [0.717, 1.165) is 13.0 Å². The lowest BCUT2D eigenvalue weighted by atomic mass is 10.1. The monoisotopic (exact) mass is 284 g/mol. The van der Waals surface area contributed by atoms with E-state index >= 15 is 0 Å². The van der Waals surface area contributed by atoms with Gasteiger partial charge in [-0.2, -0.15) is 0 Å². The van der Waals surface area contributed by atoms with E-state index in [2.05, 4.69) is 11.4 Å². The van der Waals surface area contributed by atoms with Gasteiger partial charge in [-0.15, -0.1) is 11.3 Å². The van der Waals surface area contributed by atoms with Crippen LogP contribution in [0, 0.1) is 0 Å². The van der Waals surface area contributed by atoms with E-state index in [1.807, 2.05) is 4.90 Å². The molecule has 2 N–H and O–H groups in total. The molecule has 1 aliphatic heterocycles. The molecule has 0 saturated heterocycles. The van der Waals surface area contributed by atoms with Gasteiger partial charge in [-0.05, 0) is 23.4 Å². The number of aliphatic hydroxyl groups excluding tert-OH is 2. The normalized spacial score (nSPS) is 14.8. The van der Waals surface area contributed by atoms with E-state index in [1.165, 1.54) is 10.4 Å². The maximum absolute atomic E-state index is 12.2. The van der Waals surface area contributed by atoms with Crippen LogP contribution in [0.4, 0.5) is 0 Å². The Balaban J connectivity index is 1.90. The molecule has 1 aromatic rings. The maximum Gasteiger partial charge on any atom is 0.237 e. The second-order valence-corrected chi connectivity index (χ2v) is 5.66. The topological polar surface area (TPSA) is 64.0 Å². The Bertz CT molecular complexity index is 416. The van der Waals surface area contributed by atoms with Gasteiger partial charge in [-0.25, -0.2) is 0 Å². The van der Waals surface area contributed by atoms with Crippen LogP contribution in [-0.2, 0) is 17.8 Å².